The van der Waals surface area contributed by atoms with Crippen molar-refractivity contribution in [2.24, 2.45) is 0 Å². The number of aliphatic hydroxyl groups is 1. The molecule has 0 saturated heterocycles. The number of carbonyl (C=O) groups is 2. The third kappa shape index (κ3) is 3.82. The number of ether oxygens (including phenoxy) is 1. The van der Waals surface area contributed by atoms with E-state index in [0.29, 0.717) is 5.56 Å². The van der Waals surface area contributed by atoms with Crippen molar-refractivity contribution in [3.8, 4) is 0 Å². The van der Waals surface area contributed by atoms with Gasteiger partial charge in [0.25, 0.3) is 0 Å². The molecule has 1 N–H and O–H groups in total. The number of methoxy groups -OCH3 is 1. The maximum atomic E-state index is 11.3. The van der Waals surface area contributed by atoms with Crippen molar-refractivity contribution in [3.05, 3.63) is 35.9 Å². The first kappa shape index (κ1) is 12.4. The minimum atomic E-state index is -0.863. The highest BCUT2D eigenvalue weighted by molar-refractivity contribution is 5.95. The second-order valence-electron chi connectivity index (χ2n) is 3.42. The van der Waals surface area contributed by atoms with Crippen LogP contribution < -0.4 is 0 Å². The lowest BCUT2D eigenvalue weighted by molar-refractivity contribution is -0.143. The first-order valence-electron chi connectivity index (χ1n) is 4.95. The molecule has 0 aromatic heterocycles. The molecule has 86 valence electrons. The highest BCUT2D eigenvalue weighted by atomic mass is 16.5. The summed E-state index contributed by atoms with van der Waals surface area (Å²) in [5, 5.41) is 9.70. The monoisotopic (exact) mass is 222 g/mol. The lowest BCUT2D eigenvalue weighted by Crippen LogP contribution is -2.12. The maximum Gasteiger partial charge on any atom is 0.313 e. The molecular formula is C12H14O4. The Labute approximate surface area is 93.9 Å². The van der Waals surface area contributed by atoms with Gasteiger partial charge in [-0.2, -0.15) is 0 Å². The lowest BCUT2D eigenvalue weighted by atomic mass is 10.0. The number of aliphatic hydroxyl groups excluding tert-OH is 1. The van der Waals surface area contributed by atoms with Gasteiger partial charge >= 0.3 is 5.97 Å². The Balaban J connectivity index is 2.49. The molecular weight excluding hydrogens is 208 g/mol. The SMILES string of the molecule is COC(=O)CC(=O)CC(O)c1ccccc1. The third-order valence-electron chi connectivity index (χ3n) is 2.17. The van der Waals surface area contributed by atoms with Crippen LogP contribution in [0.5, 0.6) is 0 Å². The summed E-state index contributed by atoms with van der Waals surface area (Å²) < 4.78 is 4.37. The van der Waals surface area contributed by atoms with Gasteiger partial charge in [0, 0.05) is 6.42 Å². The molecule has 0 bridgehead atoms. The third-order valence-corrected chi connectivity index (χ3v) is 2.17. The Morgan fingerprint density at radius 1 is 1.31 bits per heavy atom. The number of carbonyl (C=O) groups excluding carboxylic acids is 2. The number of hydrogen-bond acceptors (Lipinski definition) is 4. The minimum absolute atomic E-state index is 0.0703. The van der Waals surface area contributed by atoms with E-state index in [4.69, 9.17) is 0 Å². The van der Waals surface area contributed by atoms with E-state index >= 15 is 0 Å². The van der Waals surface area contributed by atoms with Crippen molar-refractivity contribution in [3.63, 3.8) is 0 Å². The minimum Gasteiger partial charge on any atom is -0.469 e. The van der Waals surface area contributed by atoms with Gasteiger partial charge in [-0.3, -0.25) is 9.59 Å². The van der Waals surface area contributed by atoms with Crippen molar-refractivity contribution in [2.75, 3.05) is 7.11 Å². The fourth-order valence-electron chi connectivity index (χ4n) is 1.31. The van der Waals surface area contributed by atoms with Gasteiger partial charge in [0.15, 0.2) is 0 Å². The van der Waals surface area contributed by atoms with E-state index in [1.54, 1.807) is 24.3 Å². The van der Waals surface area contributed by atoms with Crippen LogP contribution in [0, 0.1) is 0 Å². The van der Waals surface area contributed by atoms with Gasteiger partial charge in [-0.1, -0.05) is 30.3 Å². The molecule has 4 nitrogen and oxygen atoms in total. The normalized spacial score (nSPS) is 11.9. The number of ketones is 1. The number of esters is 1. The van der Waals surface area contributed by atoms with Crippen LogP contribution in [-0.4, -0.2) is 24.0 Å². The van der Waals surface area contributed by atoms with Crippen LogP contribution >= 0.6 is 0 Å². The van der Waals surface area contributed by atoms with Gasteiger partial charge < -0.3 is 9.84 Å². The summed E-state index contributed by atoms with van der Waals surface area (Å²) in [6, 6.07) is 8.85. The summed E-state index contributed by atoms with van der Waals surface area (Å²) in [5.41, 5.74) is 0.667. The van der Waals surface area contributed by atoms with E-state index < -0.39 is 12.1 Å². The van der Waals surface area contributed by atoms with Gasteiger partial charge in [0.1, 0.15) is 12.2 Å². The van der Waals surface area contributed by atoms with Crippen molar-refractivity contribution >= 4 is 11.8 Å². The summed E-state index contributed by atoms with van der Waals surface area (Å²) in [6.07, 6.45) is -1.22. The molecule has 1 aromatic carbocycles. The van der Waals surface area contributed by atoms with Crippen LogP contribution in [0.15, 0.2) is 30.3 Å². The highest BCUT2D eigenvalue weighted by Gasteiger charge is 2.15. The Morgan fingerprint density at radius 3 is 2.50 bits per heavy atom. The Hall–Kier alpha value is -1.68. The van der Waals surface area contributed by atoms with E-state index in [-0.39, 0.29) is 18.6 Å². The van der Waals surface area contributed by atoms with Gasteiger partial charge in [-0.25, -0.2) is 0 Å². The molecule has 0 aliphatic rings. The summed E-state index contributed by atoms with van der Waals surface area (Å²) in [4.78, 5) is 22.2. The van der Waals surface area contributed by atoms with E-state index in [1.807, 2.05) is 6.07 Å². The standard InChI is InChI=1S/C12H14O4/c1-16-12(15)8-10(13)7-11(14)9-5-3-2-4-6-9/h2-6,11,14H,7-8H2,1H3. The molecule has 4 heteroatoms. The van der Waals surface area contributed by atoms with Crippen molar-refractivity contribution < 1.29 is 19.4 Å². The number of Topliss-reactive ketones (excluding diaryl/α,β-unsaturated/α-hetero) is 1. The van der Waals surface area contributed by atoms with Gasteiger partial charge in [0.2, 0.25) is 0 Å². The van der Waals surface area contributed by atoms with Crippen LogP contribution in [0.1, 0.15) is 24.5 Å². The van der Waals surface area contributed by atoms with Gasteiger partial charge in [-0.15, -0.1) is 0 Å². The highest BCUT2D eigenvalue weighted by Crippen LogP contribution is 2.16. The molecule has 0 saturated carbocycles. The average molecular weight is 222 g/mol. The second-order valence-corrected chi connectivity index (χ2v) is 3.42. The van der Waals surface area contributed by atoms with Crippen LogP contribution in [0.25, 0.3) is 0 Å². The number of rotatable bonds is 5. The van der Waals surface area contributed by atoms with Crippen molar-refractivity contribution in [2.45, 2.75) is 18.9 Å². The molecule has 0 aliphatic carbocycles. The smallest absolute Gasteiger partial charge is 0.313 e. The van der Waals surface area contributed by atoms with Gasteiger partial charge in [0.05, 0.1) is 13.2 Å². The van der Waals surface area contributed by atoms with Gasteiger partial charge in [-0.05, 0) is 5.56 Å². The summed E-state index contributed by atoms with van der Waals surface area (Å²) >= 11 is 0. The fourth-order valence-corrected chi connectivity index (χ4v) is 1.31. The first-order valence-corrected chi connectivity index (χ1v) is 4.95. The molecule has 1 unspecified atom stereocenters. The lowest BCUT2D eigenvalue weighted by Gasteiger charge is -2.09. The summed E-state index contributed by atoms with van der Waals surface area (Å²) in [7, 11) is 1.23. The van der Waals surface area contributed by atoms with Crippen LogP contribution in [0.3, 0.4) is 0 Å². The molecule has 16 heavy (non-hydrogen) atoms. The van der Waals surface area contributed by atoms with Crippen LogP contribution in [0.4, 0.5) is 0 Å². The van der Waals surface area contributed by atoms with E-state index in [1.165, 1.54) is 7.11 Å². The molecule has 0 fully saturated rings. The topological polar surface area (TPSA) is 63.6 Å². The number of hydrogen-bond donors (Lipinski definition) is 1. The zero-order valence-electron chi connectivity index (χ0n) is 9.05. The molecule has 1 aromatic rings. The van der Waals surface area contributed by atoms with Crippen LogP contribution in [-0.2, 0) is 14.3 Å². The molecule has 0 amide bonds. The molecule has 0 radical (unpaired) electrons. The molecule has 0 aliphatic heterocycles. The average Bonchev–Trinajstić information content (AvgIpc) is 2.29. The Morgan fingerprint density at radius 2 is 1.94 bits per heavy atom. The van der Waals surface area contributed by atoms with Crippen molar-refractivity contribution in [1.82, 2.24) is 0 Å². The fraction of sp³-hybridized carbons (Fsp3) is 0.333. The van der Waals surface area contributed by atoms with Crippen LogP contribution in [0.2, 0.25) is 0 Å². The largest absolute Gasteiger partial charge is 0.469 e. The van der Waals surface area contributed by atoms with E-state index in [9.17, 15) is 14.7 Å². The summed E-state index contributed by atoms with van der Waals surface area (Å²) in [6.45, 7) is 0. The summed E-state index contributed by atoms with van der Waals surface area (Å²) in [5.74, 6) is -0.909. The predicted octanol–water partition coefficient (Wildman–Crippen LogP) is 1.24. The quantitative estimate of drug-likeness (QED) is 0.601. The zero-order chi connectivity index (χ0) is 12.0. The second kappa shape index (κ2) is 6.02. The Kier molecular flexibility index (Phi) is 4.66. The molecule has 0 spiro atoms. The van der Waals surface area contributed by atoms with E-state index in [0.717, 1.165) is 0 Å². The molecule has 1 atom stereocenters. The van der Waals surface area contributed by atoms with E-state index in [2.05, 4.69) is 4.74 Å². The maximum absolute atomic E-state index is 11.3. The zero-order valence-corrected chi connectivity index (χ0v) is 9.05. The predicted molar refractivity (Wildman–Crippen MR) is 57.7 cm³/mol. The molecule has 1 rings (SSSR count). The Bertz CT molecular complexity index is 359. The number of benzene rings is 1. The first-order chi connectivity index (χ1) is 7.63. The van der Waals surface area contributed by atoms with Crippen molar-refractivity contribution in [1.29, 1.82) is 0 Å². The molecule has 0 heterocycles.